The van der Waals surface area contributed by atoms with Crippen molar-refractivity contribution < 1.29 is 23.1 Å². The van der Waals surface area contributed by atoms with Crippen LogP contribution in [0.1, 0.15) is 47.9 Å². The third kappa shape index (κ3) is 2.63. The molecule has 0 aliphatic carbocycles. The van der Waals surface area contributed by atoms with Crippen molar-refractivity contribution in [3.8, 4) is 0 Å². The van der Waals surface area contributed by atoms with Gasteiger partial charge in [-0.15, -0.1) is 0 Å². The van der Waals surface area contributed by atoms with E-state index >= 15 is 0 Å². The standard InChI is InChI=1S/C26H23FN2O5/c1-2-11-28-19-8-4-3-7-18(19)26(25(28)32)21-22(30)17-13-15(27)9-10-20(17)34-23(21)24(31)29(26)14-16-6-5-12-33-16/h3-4,7-10,13,16H,2,5-6,11-12,14H2,1H3/t16-,26+/m1/s1. The van der Waals surface area contributed by atoms with Crippen LogP contribution in [0.5, 0.6) is 0 Å². The van der Waals surface area contributed by atoms with Crippen molar-refractivity contribution in [3.63, 3.8) is 0 Å². The number of carbonyl (C=O) groups excluding carboxylic acids is 2. The number of amides is 2. The molecule has 2 atom stereocenters. The molecule has 0 bridgehead atoms. The Bertz CT molecular complexity index is 1410. The zero-order valence-corrected chi connectivity index (χ0v) is 18.7. The SMILES string of the molecule is CCCN1C(=O)[C@]2(c3ccccc31)c1c(oc3ccc(F)cc3c1=O)C(=O)N2C[C@H]1CCCO1. The van der Waals surface area contributed by atoms with Crippen LogP contribution >= 0.6 is 0 Å². The first-order chi connectivity index (χ1) is 16.5. The minimum Gasteiger partial charge on any atom is -0.450 e. The third-order valence-corrected chi connectivity index (χ3v) is 7.06. The fourth-order valence-electron chi connectivity index (χ4n) is 5.65. The van der Waals surface area contributed by atoms with Gasteiger partial charge in [-0.05, 0) is 43.5 Å². The number of fused-ring (bicyclic) bond motifs is 5. The number of carbonyl (C=O) groups is 2. The van der Waals surface area contributed by atoms with Crippen LogP contribution in [0.25, 0.3) is 11.0 Å². The molecule has 8 heteroatoms. The van der Waals surface area contributed by atoms with E-state index < -0.39 is 22.7 Å². The van der Waals surface area contributed by atoms with Gasteiger partial charge in [0.05, 0.1) is 22.7 Å². The summed E-state index contributed by atoms with van der Waals surface area (Å²) in [6.07, 6.45) is 2.05. The zero-order valence-electron chi connectivity index (χ0n) is 18.7. The molecular formula is C26H23FN2O5. The first-order valence-electron chi connectivity index (χ1n) is 11.6. The lowest BCUT2D eigenvalue weighted by Gasteiger charge is -2.35. The third-order valence-electron chi connectivity index (χ3n) is 7.06. The fraction of sp³-hybridized carbons (Fsp3) is 0.346. The summed E-state index contributed by atoms with van der Waals surface area (Å²) in [5, 5.41) is 0.00381. The Morgan fingerprint density at radius 1 is 1.15 bits per heavy atom. The maximum absolute atomic E-state index is 14.3. The summed E-state index contributed by atoms with van der Waals surface area (Å²) in [4.78, 5) is 45.0. The molecule has 0 unspecified atom stereocenters. The van der Waals surface area contributed by atoms with Crippen molar-refractivity contribution >= 4 is 28.5 Å². The Balaban J connectivity index is 1.69. The zero-order chi connectivity index (χ0) is 23.6. The van der Waals surface area contributed by atoms with Crippen LogP contribution in [-0.2, 0) is 15.1 Å². The van der Waals surface area contributed by atoms with E-state index in [1.54, 1.807) is 17.0 Å². The molecule has 3 aromatic rings. The van der Waals surface area contributed by atoms with E-state index in [9.17, 15) is 18.8 Å². The highest BCUT2D eigenvalue weighted by atomic mass is 19.1. The van der Waals surface area contributed by atoms with Gasteiger partial charge >= 0.3 is 0 Å². The van der Waals surface area contributed by atoms with E-state index in [0.29, 0.717) is 30.8 Å². The molecule has 0 saturated carbocycles. The van der Waals surface area contributed by atoms with Gasteiger partial charge in [-0.25, -0.2) is 4.39 Å². The molecule has 6 rings (SSSR count). The van der Waals surface area contributed by atoms with Gasteiger partial charge in [-0.3, -0.25) is 14.4 Å². The second-order valence-electron chi connectivity index (χ2n) is 9.01. The summed E-state index contributed by atoms with van der Waals surface area (Å²) in [6.45, 7) is 3.12. The molecule has 34 heavy (non-hydrogen) atoms. The number of hydrogen-bond acceptors (Lipinski definition) is 5. The van der Waals surface area contributed by atoms with Crippen LogP contribution in [0.15, 0.2) is 51.7 Å². The average Bonchev–Trinajstić information content (AvgIpc) is 3.50. The second-order valence-corrected chi connectivity index (χ2v) is 9.01. The minimum absolute atomic E-state index is 0.00381. The van der Waals surface area contributed by atoms with Gasteiger partial charge in [0.15, 0.2) is 11.0 Å². The maximum Gasteiger partial charge on any atom is 0.291 e. The van der Waals surface area contributed by atoms with Crippen LogP contribution in [0.4, 0.5) is 10.1 Å². The lowest BCUT2D eigenvalue weighted by atomic mass is 9.83. The first-order valence-corrected chi connectivity index (χ1v) is 11.6. The van der Waals surface area contributed by atoms with Gasteiger partial charge < -0.3 is 19.0 Å². The Labute approximate surface area is 194 Å². The van der Waals surface area contributed by atoms with Crippen molar-refractivity contribution in [2.45, 2.75) is 37.8 Å². The number of rotatable bonds is 4. The molecule has 1 saturated heterocycles. The summed E-state index contributed by atoms with van der Waals surface area (Å²) in [7, 11) is 0. The van der Waals surface area contributed by atoms with E-state index in [-0.39, 0.29) is 40.8 Å². The first kappa shape index (κ1) is 21.0. The number of halogens is 1. The number of benzene rings is 2. The average molecular weight is 462 g/mol. The molecule has 1 spiro atoms. The van der Waals surface area contributed by atoms with Gasteiger partial charge in [0.25, 0.3) is 11.8 Å². The molecule has 174 valence electrons. The molecule has 7 nitrogen and oxygen atoms in total. The normalized spacial score (nSPS) is 23.4. The number of hydrogen-bond donors (Lipinski definition) is 0. The Kier molecular flexibility index (Phi) is 4.64. The van der Waals surface area contributed by atoms with E-state index in [1.807, 2.05) is 19.1 Å². The van der Waals surface area contributed by atoms with Gasteiger partial charge in [0.1, 0.15) is 11.4 Å². The predicted octanol–water partition coefficient (Wildman–Crippen LogP) is 3.57. The van der Waals surface area contributed by atoms with Crippen molar-refractivity contribution in [2.75, 3.05) is 24.6 Å². The quantitative estimate of drug-likeness (QED) is 0.592. The molecule has 4 heterocycles. The Hall–Kier alpha value is -3.52. The smallest absolute Gasteiger partial charge is 0.291 e. The molecule has 2 aromatic carbocycles. The molecular weight excluding hydrogens is 439 g/mol. The number of anilines is 1. The van der Waals surface area contributed by atoms with E-state index in [2.05, 4.69) is 0 Å². The van der Waals surface area contributed by atoms with Gasteiger partial charge in [0.2, 0.25) is 5.76 Å². The van der Waals surface area contributed by atoms with Crippen LogP contribution in [0.3, 0.4) is 0 Å². The van der Waals surface area contributed by atoms with Gasteiger partial charge in [-0.1, -0.05) is 25.1 Å². The highest BCUT2D eigenvalue weighted by Crippen LogP contribution is 2.52. The summed E-state index contributed by atoms with van der Waals surface area (Å²) in [6, 6.07) is 10.8. The topological polar surface area (TPSA) is 80.1 Å². The van der Waals surface area contributed by atoms with Crippen LogP contribution in [-0.4, -0.2) is 42.5 Å². The van der Waals surface area contributed by atoms with Crippen LogP contribution in [0.2, 0.25) is 0 Å². The number of para-hydroxylation sites is 1. The second kappa shape index (κ2) is 7.50. The maximum atomic E-state index is 14.3. The van der Waals surface area contributed by atoms with E-state index in [1.165, 1.54) is 17.0 Å². The number of ether oxygens (including phenoxy) is 1. The lowest BCUT2D eigenvalue weighted by molar-refractivity contribution is -0.126. The number of nitrogens with zero attached hydrogens (tertiary/aromatic N) is 2. The molecule has 1 fully saturated rings. The van der Waals surface area contributed by atoms with Crippen molar-refractivity contribution in [1.82, 2.24) is 4.90 Å². The van der Waals surface area contributed by atoms with Crippen molar-refractivity contribution in [3.05, 3.63) is 75.4 Å². The Morgan fingerprint density at radius 2 is 1.97 bits per heavy atom. The van der Waals surface area contributed by atoms with Gasteiger partial charge in [0, 0.05) is 25.3 Å². The van der Waals surface area contributed by atoms with Gasteiger partial charge in [-0.2, -0.15) is 0 Å². The summed E-state index contributed by atoms with van der Waals surface area (Å²) in [5.41, 5.74) is -0.958. The molecule has 1 aromatic heterocycles. The monoisotopic (exact) mass is 462 g/mol. The van der Waals surface area contributed by atoms with Crippen molar-refractivity contribution in [2.24, 2.45) is 0 Å². The largest absolute Gasteiger partial charge is 0.450 e. The van der Waals surface area contributed by atoms with E-state index in [4.69, 9.17) is 9.15 Å². The minimum atomic E-state index is -1.68. The highest BCUT2D eigenvalue weighted by Gasteiger charge is 2.65. The summed E-state index contributed by atoms with van der Waals surface area (Å²) in [5.74, 6) is -1.66. The molecule has 0 radical (unpaired) electrons. The Morgan fingerprint density at radius 3 is 2.74 bits per heavy atom. The lowest BCUT2D eigenvalue weighted by Crippen LogP contribution is -2.55. The molecule has 3 aliphatic rings. The van der Waals surface area contributed by atoms with Crippen LogP contribution in [0, 0.1) is 5.82 Å². The molecule has 3 aliphatic heterocycles. The van der Waals surface area contributed by atoms with Crippen molar-refractivity contribution in [1.29, 1.82) is 0 Å². The molecule has 2 amide bonds. The van der Waals surface area contributed by atoms with Crippen LogP contribution < -0.4 is 10.3 Å². The predicted molar refractivity (Wildman–Crippen MR) is 122 cm³/mol. The summed E-state index contributed by atoms with van der Waals surface area (Å²) >= 11 is 0. The molecule has 0 N–H and O–H groups in total. The fourth-order valence-corrected chi connectivity index (χ4v) is 5.65. The highest BCUT2D eigenvalue weighted by molar-refractivity contribution is 6.17. The van der Waals surface area contributed by atoms with E-state index in [0.717, 1.165) is 18.9 Å². The summed E-state index contributed by atoms with van der Waals surface area (Å²) < 4.78 is 25.8.